The lowest BCUT2D eigenvalue weighted by atomic mass is 9.71. The van der Waals surface area contributed by atoms with Gasteiger partial charge in [0.1, 0.15) is 0 Å². The molecule has 1 atom stereocenters. The average molecular weight is 332 g/mol. The monoisotopic (exact) mass is 332 g/mol. The van der Waals surface area contributed by atoms with Crippen LogP contribution in [0.25, 0.3) is 0 Å². The second-order valence-corrected chi connectivity index (χ2v) is 7.14. The molecule has 0 heterocycles. The molecule has 0 bridgehead atoms. The quantitative estimate of drug-likeness (QED) is 0.581. The summed E-state index contributed by atoms with van der Waals surface area (Å²) in [6.45, 7) is 2.33. The van der Waals surface area contributed by atoms with Gasteiger partial charge in [-0.2, -0.15) is 0 Å². The fourth-order valence-electron chi connectivity index (χ4n) is 3.61. The molecule has 1 heteroatoms. The van der Waals surface area contributed by atoms with E-state index in [2.05, 4.69) is 35.6 Å². The van der Waals surface area contributed by atoms with Crippen molar-refractivity contribution in [1.29, 1.82) is 0 Å². The van der Waals surface area contributed by atoms with Crippen LogP contribution >= 0.6 is 22.6 Å². The molecule has 0 amide bonds. The Balaban J connectivity index is 1.76. The molecule has 0 aromatic rings. The molecule has 1 fully saturated rings. The average Bonchev–Trinajstić information content (AvgIpc) is 2.32. The van der Waals surface area contributed by atoms with Crippen molar-refractivity contribution in [3.63, 3.8) is 0 Å². The van der Waals surface area contributed by atoms with Gasteiger partial charge in [-0.25, -0.2) is 0 Å². The van der Waals surface area contributed by atoms with E-state index in [4.69, 9.17) is 0 Å². The van der Waals surface area contributed by atoms with Crippen molar-refractivity contribution in [2.75, 3.05) is 0 Å². The Morgan fingerprint density at radius 3 is 2.44 bits per heavy atom. The summed E-state index contributed by atoms with van der Waals surface area (Å²) in [5.74, 6) is 3.16. The summed E-state index contributed by atoms with van der Waals surface area (Å²) in [6.07, 6.45) is 15.7. The summed E-state index contributed by atoms with van der Waals surface area (Å²) >= 11 is 2.51. The minimum atomic E-state index is 1.03. The molecule has 1 unspecified atom stereocenters. The maximum absolute atomic E-state index is 2.51. The first-order valence-corrected chi connectivity index (χ1v) is 8.22. The van der Waals surface area contributed by atoms with Gasteiger partial charge in [0.25, 0.3) is 0 Å². The lowest BCUT2D eigenvalue weighted by molar-refractivity contribution is 0.188. The van der Waals surface area contributed by atoms with Crippen LogP contribution in [0.1, 0.15) is 64.7 Å². The molecule has 2 rings (SSSR count). The van der Waals surface area contributed by atoms with E-state index in [1.54, 1.807) is 3.58 Å². The maximum atomic E-state index is 2.51. The summed E-state index contributed by atoms with van der Waals surface area (Å²) in [6, 6.07) is 0. The van der Waals surface area contributed by atoms with Gasteiger partial charge in [0.2, 0.25) is 0 Å². The number of hydrogen-bond donors (Lipinski definition) is 0. The van der Waals surface area contributed by atoms with Crippen LogP contribution in [0, 0.1) is 17.8 Å². The maximum Gasteiger partial charge on any atom is -0.0134 e. The number of allylic oxidation sites excluding steroid dienone is 2. The second-order valence-electron chi connectivity index (χ2n) is 5.75. The van der Waals surface area contributed by atoms with Crippen LogP contribution < -0.4 is 0 Å². The highest BCUT2D eigenvalue weighted by molar-refractivity contribution is 14.1. The van der Waals surface area contributed by atoms with E-state index in [-0.39, 0.29) is 0 Å². The van der Waals surface area contributed by atoms with Gasteiger partial charge < -0.3 is 0 Å². The SMILES string of the molecule is CCC[C@H]1CC[C@H](C2CC=C(I)CC2)CC1. The van der Waals surface area contributed by atoms with E-state index in [1.165, 1.54) is 57.8 Å². The normalized spacial score (nSPS) is 35.9. The van der Waals surface area contributed by atoms with Gasteiger partial charge in [0.05, 0.1) is 0 Å². The molecular weight excluding hydrogens is 307 g/mol. The largest absolute Gasteiger partial charge is 0.0749 e. The van der Waals surface area contributed by atoms with Crippen LogP contribution in [0.15, 0.2) is 9.66 Å². The zero-order chi connectivity index (χ0) is 11.4. The first kappa shape index (κ1) is 12.9. The van der Waals surface area contributed by atoms with Crippen molar-refractivity contribution in [3.05, 3.63) is 9.66 Å². The van der Waals surface area contributed by atoms with Crippen molar-refractivity contribution in [2.24, 2.45) is 17.8 Å². The predicted octanol–water partition coefficient (Wildman–Crippen LogP) is 5.71. The van der Waals surface area contributed by atoms with Gasteiger partial charge in [-0.1, -0.05) is 38.7 Å². The summed E-state index contributed by atoms with van der Waals surface area (Å²) in [7, 11) is 0. The van der Waals surface area contributed by atoms with Gasteiger partial charge in [0, 0.05) is 0 Å². The Morgan fingerprint density at radius 1 is 1.12 bits per heavy atom. The van der Waals surface area contributed by atoms with E-state index < -0.39 is 0 Å². The summed E-state index contributed by atoms with van der Waals surface area (Å²) in [5, 5.41) is 0. The van der Waals surface area contributed by atoms with E-state index in [1.807, 2.05) is 0 Å². The van der Waals surface area contributed by atoms with Crippen LogP contribution in [-0.2, 0) is 0 Å². The highest BCUT2D eigenvalue weighted by Gasteiger charge is 2.27. The molecule has 0 aliphatic heterocycles. The predicted molar refractivity (Wildman–Crippen MR) is 79.8 cm³/mol. The number of hydrogen-bond acceptors (Lipinski definition) is 0. The zero-order valence-corrected chi connectivity index (χ0v) is 12.7. The molecule has 2 aliphatic carbocycles. The molecule has 2 aliphatic rings. The topological polar surface area (TPSA) is 0 Å². The van der Waals surface area contributed by atoms with Crippen molar-refractivity contribution in [3.8, 4) is 0 Å². The minimum absolute atomic E-state index is 1.03. The fourth-order valence-corrected chi connectivity index (χ4v) is 4.17. The van der Waals surface area contributed by atoms with Crippen molar-refractivity contribution in [1.82, 2.24) is 0 Å². The highest BCUT2D eigenvalue weighted by atomic mass is 127. The van der Waals surface area contributed by atoms with Crippen molar-refractivity contribution in [2.45, 2.75) is 64.7 Å². The third kappa shape index (κ3) is 3.48. The molecule has 0 spiro atoms. The molecule has 92 valence electrons. The lowest BCUT2D eigenvalue weighted by Crippen LogP contribution is -2.22. The van der Waals surface area contributed by atoms with Crippen molar-refractivity contribution < 1.29 is 0 Å². The first-order valence-electron chi connectivity index (χ1n) is 7.14. The van der Waals surface area contributed by atoms with Gasteiger partial charge in [-0.05, 0) is 76.0 Å². The standard InChI is InChI=1S/C15H25I/c1-2-3-12-4-6-13(7-5-12)14-8-10-15(16)11-9-14/h10,12-14H,2-9,11H2,1H3/t12-,13-,14?. The van der Waals surface area contributed by atoms with Gasteiger partial charge in [-0.3, -0.25) is 0 Å². The van der Waals surface area contributed by atoms with Crippen molar-refractivity contribution >= 4 is 22.6 Å². The third-order valence-electron chi connectivity index (χ3n) is 4.65. The molecular formula is C15H25I. The van der Waals surface area contributed by atoms with Crippen LogP contribution in [0.2, 0.25) is 0 Å². The third-order valence-corrected chi connectivity index (χ3v) is 5.63. The first-order chi connectivity index (χ1) is 7.79. The number of halogens is 1. The Labute approximate surface area is 114 Å². The fraction of sp³-hybridized carbons (Fsp3) is 0.867. The van der Waals surface area contributed by atoms with Crippen LogP contribution in [-0.4, -0.2) is 0 Å². The molecule has 0 aromatic carbocycles. The minimum Gasteiger partial charge on any atom is -0.0749 e. The van der Waals surface area contributed by atoms with Gasteiger partial charge in [-0.15, -0.1) is 0 Å². The molecule has 1 saturated carbocycles. The van der Waals surface area contributed by atoms with E-state index >= 15 is 0 Å². The zero-order valence-electron chi connectivity index (χ0n) is 10.6. The van der Waals surface area contributed by atoms with E-state index in [0.717, 1.165) is 17.8 Å². The molecule has 0 N–H and O–H groups in total. The smallest absolute Gasteiger partial charge is 0.0134 e. The Morgan fingerprint density at radius 2 is 1.88 bits per heavy atom. The van der Waals surface area contributed by atoms with Crippen LogP contribution in [0.4, 0.5) is 0 Å². The molecule has 0 nitrogen and oxygen atoms in total. The molecule has 0 radical (unpaired) electrons. The number of rotatable bonds is 3. The van der Waals surface area contributed by atoms with Gasteiger partial charge >= 0.3 is 0 Å². The summed E-state index contributed by atoms with van der Waals surface area (Å²) in [4.78, 5) is 0. The Bertz CT molecular complexity index is 236. The van der Waals surface area contributed by atoms with E-state index in [9.17, 15) is 0 Å². The van der Waals surface area contributed by atoms with Gasteiger partial charge in [0.15, 0.2) is 0 Å². The Hall–Kier alpha value is 0.470. The summed E-state index contributed by atoms with van der Waals surface area (Å²) < 4.78 is 1.61. The summed E-state index contributed by atoms with van der Waals surface area (Å²) in [5.41, 5.74) is 0. The van der Waals surface area contributed by atoms with Crippen LogP contribution in [0.5, 0.6) is 0 Å². The Kier molecular flexibility index (Phi) is 5.18. The molecule has 16 heavy (non-hydrogen) atoms. The lowest BCUT2D eigenvalue weighted by Gasteiger charge is -2.35. The second kappa shape index (κ2) is 6.42. The molecule has 0 saturated heterocycles. The van der Waals surface area contributed by atoms with Crippen LogP contribution in [0.3, 0.4) is 0 Å². The van der Waals surface area contributed by atoms with E-state index in [0.29, 0.717) is 0 Å². The highest BCUT2D eigenvalue weighted by Crippen LogP contribution is 2.41. The molecule has 0 aromatic heterocycles.